The van der Waals surface area contributed by atoms with Gasteiger partial charge in [0.1, 0.15) is 0 Å². The Hall–Kier alpha value is -2.18. The molecular weight excluding hydrogens is 396 g/mol. The molecule has 0 radical (unpaired) electrons. The van der Waals surface area contributed by atoms with Gasteiger partial charge in [-0.1, -0.05) is 68.1 Å². The van der Waals surface area contributed by atoms with Crippen LogP contribution >= 0.6 is 0 Å². The zero-order valence-corrected chi connectivity index (χ0v) is 18.5. The van der Waals surface area contributed by atoms with Crippen LogP contribution in [0.25, 0.3) is 0 Å². The number of hydrogen-bond acceptors (Lipinski definition) is 3. The van der Waals surface area contributed by atoms with Crippen LogP contribution in [0.15, 0.2) is 59.5 Å². The first-order valence-corrected chi connectivity index (χ1v) is 12.4. The molecule has 1 saturated carbocycles. The fraction of sp³-hybridized carbons (Fsp3) is 0.458. The van der Waals surface area contributed by atoms with Gasteiger partial charge in [0.15, 0.2) is 0 Å². The summed E-state index contributed by atoms with van der Waals surface area (Å²) in [5, 5.41) is 3.16. The summed E-state index contributed by atoms with van der Waals surface area (Å²) >= 11 is 0. The predicted octanol–water partition coefficient (Wildman–Crippen LogP) is 4.50. The highest BCUT2D eigenvalue weighted by Gasteiger charge is 2.18. The minimum Gasteiger partial charge on any atom is -0.353 e. The average molecular weight is 429 g/mol. The van der Waals surface area contributed by atoms with E-state index in [2.05, 4.69) is 10.0 Å². The summed E-state index contributed by atoms with van der Waals surface area (Å²) in [6.45, 7) is 1.83. The molecule has 1 fully saturated rings. The second-order valence-corrected chi connectivity index (χ2v) is 9.87. The molecular formula is C24H32N2O3S. The molecule has 162 valence electrons. The third-order valence-electron chi connectivity index (χ3n) is 5.73. The molecule has 0 bridgehead atoms. The summed E-state index contributed by atoms with van der Waals surface area (Å²) in [6, 6.07) is 16.3. The Bertz CT molecular complexity index is 903. The summed E-state index contributed by atoms with van der Waals surface area (Å²) in [4.78, 5) is 12.5. The molecule has 2 N–H and O–H groups in total. The molecule has 2 aromatic carbocycles. The van der Waals surface area contributed by atoms with Crippen molar-refractivity contribution in [2.45, 2.75) is 75.3 Å². The lowest BCUT2D eigenvalue weighted by Crippen LogP contribution is -2.34. The van der Waals surface area contributed by atoms with E-state index in [-0.39, 0.29) is 16.8 Å². The van der Waals surface area contributed by atoms with Crippen LogP contribution in [0.5, 0.6) is 0 Å². The van der Waals surface area contributed by atoms with E-state index in [0.717, 1.165) is 24.0 Å². The summed E-state index contributed by atoms with van der Waals surface area (Å²) in [6.07, 6.45) is 8.09. The molecule has 0 aliphatic heterocycles. The van der Waals surface area contributed by atoms with Crippen molar-refractivity contribution >= 4 is 15.9 Å². The van der Waals surface area contributed by atoms with Crippen molar-refractivity contribution in [3.05, 3.63) is 65.7 Å². The van der Waals surface area contributed by atoms with E-state index in [0.29, 0.717) is 18.9 Å². The van der Waals surface area contributed by atoms with E-state index in [4.69, 9.17) is 0 Å². The van der Waals surface area contributed by atoms with Crippen LogP contribution in [-0.2, 0) is 21.2 Å². The Morgan fingerprint density at radius 2 is 1.60 bits per heavy atom. The van der Waals surface area contributed by atoms with E-state index in [1.807, 2.05) is 37.3 Å². The van der Waals surface area contributed by atoms with Crippen molar-refractivity contribution in [1.29, 1.82) is 0 Å². The molecule has 3 rings (SSSR count). The molecule has 6 heteroatoms. The molecule has 30 heavy (non-hydrogen) atoms. The molecule has 0 aromatic heterocycles. The number of carbonyl (C=O) groups is 1. The largest absolute Gasteiger partial charge is 0.353 e. The van der Waals surface area contributed by atoms with Crippen LogP contribution in [0, 0.1) is 0 Å². The lowest BCUT2D eigenvalue weighted by atomic mass is 10.1. The highest BCUT2D eigenvalue weighted by Crippen LogP contribution is 2.19. The van der Waals surface area contributed by atoms with Gasteiger partial charge in [0, 0.05) is 18.5 Å². The Kier molecular flexibility index (Phi) is 8.05. The highest BCUT2D eigenvalue weighted by atomic mass is 32.2. The maximum absolute atomic E-state index is 12.7. The molecule has 0 unspecified atom stereocenters. The second-order valence-electron chi connectivity index (χ2n) is 8.15. The van der Waals surface area contributed by atoms with Crippen molar-refractivity contribution in [2.75, 3.05) is 0 Å². The Balaban J connectivity index is 1.51. The van der Waals surface area contributed by atoms with Crippen molar-refractivity contribution < 1.29 is 13.2 Å². The number of benzene rings is 2. The van der Waals surface area contributed by atoms with Crippen LogP contribution in [-0.4, -0.2) is 20.4 Å². The first kappa shape index (κ1) is 22.5. The quantitative estimate of drug-likeness (QED) is 0.608. The van der Waals surface area contributed by atoms with Gasteiger partial charge >= 0.3 is 0 Å². The predicted molar refractivity (Wildman–Crippen MR) is 120 cm³/mol. The molecule has 0 spiro atoms. The number of nitrogens with one attached hydrogen (secondary N) is 2. The van der Waals surface area contributed by atoms with Crippen molar-refractivity contribution in [1.82, 2.24) is 10.0 Å². The van der Waals surface area contributed by atoms with E-state index < -0.39 is 10.0 Å². The SMILES string of the molecule is C[C@H](NS(=O)(=O)c1ccc(CCC(=O)NC2CCCCCC2)cc1)c1ccccc1. The average Bonchev–Trinajstić information content (AvgIpc) is 3.01. The summed E-state index contributed by atoms with van der Waals surface area (Å²) in [5.41, 5.74) is 1.87. The van der Waals surface area contributed by atoms with Crippen LogP contribution < -0.4 is 10.0 Å². The normalized spacial score (nSPS) is 16.6. The number of hydrogen-bond donors (Lipinski definition) is 2. The lowest BCUT2D eigenvalue weighted by molar-refractivity contribution is -0.121. The van der Waals surface area contributed by atoms with E-state index in [1.165, 1.54) is 25.7 Å². The second kappa shape index (κ2) is 10.7. The summed E-state index contributed by atoms with van der Waals surface area (Å²) in [5.74, 6) is 0.0805. The van der Waals surface area contributed by atoms with Gasteiger partial charge in [-0.15, -0.1) is 0 Å². The van der Waals surface area contributed by atoms with Gasteiger partial charge in [-0.25, -0.2) is 13.1 Å². The summed E-state index contributed by atoms with van der Waals surface area (Å²) in [7, 11) is -3.61. The zero-order valence-electron chi connectivity index (χ0n) is 17.6. The Labute approximate surface area is 180 Å². The van der Waals surface area contributed by atoms with Gasteiger partial charge in [0.25, 0.3) is 0 Å². The number of sulfonamides is 1. The zero-order chi connectivity index (χ0) is 21.4. The van der Waals surface area contributed by atoms with Gasteiger partial charge in [-0.2, -0.15) is 0 Å². The number of rotatable bonds is 8. The van der Waals surface area contributed by atoms with Crippen LogP contribution in [0.2, 0.25) is 0 Å². The van der Waals surface area contributed by atoms with Gasteiger partial charge in [0.05, 0.1) is 4.90 Å². The van der Waals surface area contributed by atoms with Gasteiger partial charge < -0.3 is 5.32 Å². The van der Waals surface area contributed by atoms with E-state index >= 15 is 0 Å². The Morgan fingerprint density at radius 3 is 2.23 bits per heavy atom. The molecule has 1 amide bonds. The number of amides is 1. The fourth-order valence-corrected chi connectivity index (χ4v) is 5.16. The fourth-order valence-electron chi connectivity index (χ4n) is 3.93. The van der Waals surface area contributed by atoms with Crippen molar-refractivity contribution in [3.63, 3.8) is 0 Å². The number of carbonyl (C=O) groups excluding carboxylic acids is 1. The summed E-state index contributed by atoms with van der Waals surface area (Å²) < 4.78 is 28.1. The molecule has 1 atom stereocenters. The first-order valence-electron chi connectivity index (χ1n) is 10.9. The third kappa shape index (κ3) is 6.67. The standard InChI is InChI=1S/C24H32N2O3S/c1-19(21-9-5-4-6-10-21)26-30(28,29)23-16-13-20(14-17-23)15-18-24(27)25-22-11-7-2-3-8-12-22/h4-6,9-10,13-14,16-17,19,22,26H,2-3,7-8,11-12,15,18H2,1H3,(H,25,27)/t19-/m0/s1. The molecule has 0 saturated heterocycles. The van der Waals surface area contributed by atoms with Gasteiger partial charge in [0.2, 0.25) is 15.9 Å². The molecule has 0 heterocycles. The maximum Gasteiger partial charge on any atom is 0.241 e. The topological polar surface area (TPSA) is 75.3 Å². The number of aryl methyl sites for hydroxylation is 1. The Morgan fingerprint density at radius 1 is 0.967 bits per heavy atom. The van der Waals surface area contributed by atoms with Gasteiger partial charge in [-0.05, 0) is 49.4 Å². The van der Waals surface area contributed by atoms with E-state index in [1.54, 1.807) is 24.3 Å². The minimum absolute atomic E-state index is 0.0805. The molecule has 5 nitrogen and oxygen atoms in total. The van der Waals surface area contributed by atoms with Crippen LogP contribution in [0.1, 0.15) is 69.0 Å². The first-order chi connectivity index (χ1) is 14.4. The van der Waals surface area contributed by atoms with Gasteiger partial charge in [-0.3, -0.25) is 4.79 Å². The third-order valence-corrected chi connectivity index (χ3v) is 7.28. The minimum atomic E-state index is -3.61. The van der Waals surface area contributed by atoms with Crippen molar-refractivity contribution in [3.8, 4) is 0 Å². The molecule has 1 aliphatic carbocycles. The van der Waals surface area contributed by atoms with E-state index in [9.17, 15) is 13.2 Å². The van der Waals surface area contributed by atoms with Crippen LogP contribution in [0.3, 0.4) is 0 Å². The molecule has 1 aliphatic rings. The maximum atomic E-state index is 12.7. The smallest absolute Gasteiger partial charge is 0.241 e. The monoisotopic (exact) mass is 428 g/mol. The lowest BCUT2D eigenvalue weighted by Gasteiger charge is -2.16. The molecule has 2 aromatic rings. The van der Waals surface area contributed by atoms with Crippen LogP contribution in [0.4, 0.5) is 0 Å². The highest BCUT2D eigenvalue weighted by molar-refractivity contribution is 7.89. The van der Waals surface area contributed by atoms with Crippen molar-refractivity contribution in [2.24, 2.45) is 0 Å².